The Hall–Kier alpha value is -1.91. The van der Waals surface area contributed by atoms with E-state index in [1.54, 1.807) is 14.2 Å². The molecule has 0 amide bonds. The lowest BCUT2D eigenvalue weighted by Crippen LogP contribution is -2.18. The summed E-state index contributed by atoms with van der Waals surface area (Å²) in [6, 6.07) is 12.9. The molecule has 4 nitrogen and oxygen atoms in total. The first-order valence-corrected chi connectivity index (χ1v) is 8.99. The van der Waals surface area contributed by atoms with Crippen molar-refractivity contribution < 1.29 is 9.47 Å². The molecule has 3 rings (SSSR count). The van der Waals surface area contributed by atoms with Gasteiger partial charge in [-0.3, -0.25) is 0 Å². The Morgan fingerprint density at radius 2 is 1.88 bits per heavy atom. The Morgan fingerprint density at radius 3 is 2.65 bits per heavy atom. The van der Waals surface area contributed by atoms with Crippen molar-refractivity contribution in [1.82, 2.24) is 5.32 Å². The number of anilines is 1. The van der Waals surface area contributed by atoms with Crippen LogP contribution in [0.15, 0.2) is 36.4 Å². The molecular weight excluding hydrogens is 348 g/mol. The molecule has 0 saturated heterocycles. The maximum atomic E-state index is 5.38. The maximum absolute atomic E-state index is 5.38. The molecule has 26 heavy (non-hydrogen) atoms. The van der Waals surface area contributed by atoms with Gasteiger partial charge in [-0.15, -0.1) is 12.4 Å². The zero-order chi connectivity index (χ0) is 17.6. The highest BCUT2D eigenvalue weighted by molar-refractivity contribution is 5.85. The fraction of sp³-hybridized carbons (Fsp3) is 0.429. The van der Waals surface area contributed by atoms with E-state index in [1.165, 1.54) is 22.4 Å². The highest BCUT2D eigenvalue weighted by atomic mass is 35.5. The van der Waals surface area contributed by atoms with E-state index in [0.29, 0.717) is 5.92 Å². The molecule has 5 heteroatoms. The third-order valence-corrected chi connectivity index (χ3v) is 4.89. The Balaban J connectivity index is 0.00000243. The van der Waals surface area contributed by atoms with Gasteiger partial charge in [-0.1, -0.05) is 19.1 Å². The van der Waals surface area contributed by atoms with Crippen molar-refractivity contribution in [2.75, 3.05) is 39.2 Å². The molecule has 0 aromatic heterocycles. The number of methoxy groups -OCH3 is 2. The minimum Gasteiger partial charge on any atom is -0.493 e. The highest BCUT2D eigenvalue weighted by Gasteiger charge is 2.14. The summed E-state index contributed by atoms with van der Waals surface area (Å²) in [6.07, 6.45) is 2.06. The van der Waals surface area contributed by atoms with Gasteiger partial charge in [0.2, 0.25) is 0 Å². The summed E-state index contributed by atoms with van der Waals surface area (Å²) in [6.45, 7) is 5.32. The van der Waals surface area contributed by atoms with Gasteiger partial charge in [0, 0.05) is 18.8 Å². The molecule has 2 aromatic carbocycles. The predicted molar refractivity (Wildman–Crippen MR) is 110 cm³/mol. The van der Waals surface area contributed by atoms with Crippen LogP contribution >= 0.6 is 12.4 Å². The van der Waals surface area contributed by atoms with E-state index >= 15 is 0 Å². The smallest absolute Gasteiger partial charge is 0.160 e. The zero-order valence-electron chi connectivity index (χ0n) is 15.8. The molecule has 0 fully saturated rings. The molecule has 0 saturated carbocycles. The number of rotatable bonds is 6. The number of fused-ring (bicyclic) bond motifs is 1. The SMILES string of the molecule is COc1ccc(CCNc2ccc3c(c2)[C@H](C)CNCC3)cc1OC.Cl. The van der Waals surface area contributed by atoms with Crippen LogP contribution in [0, 0.1) is 0 Å². The van der Waals surface area contributed by atoms with Crippen LogP contribution in [-0.4, -0.2) is 33.9 Å². The number of hydrogen-bond donors (Lipinski definition) is 2. The fourth-order valence-electron chi connectivity index (χ4n) is 3.43. The Morgan fingerprint density at radius 1 is 1.08 bits per heavy atom. The quantitative estimate of drug-likeness (QED) is 0.798. The van der Waals surface area contributed by atoms with Crippen molar-refractivity contribution in [3.63, 3.8) is 0 Å². The monoisotopic (exact) mass is 376 g/mol. The summed E-state index contributed by atoms with van der Waals surface area (Å²) in [5.41, 5.74) is 5.38. The molecule has 0 bridgehead atoms. The number of halogens is 1. The molecule has 142 valence electrons. The van der Waals surface area contributed by atoms with Gasteiger partial charge >= 0.3 is 0 Å². The van der Waals surface area contributed by atoms with E-state index in [4.69, 9.17) is 9.47 Å². The largest absolute Gasteiger partial charge is 0.493 e. The average molecular weight is 377 g/mol. The molecule has 1 aliphatic heterocycles. The Labute approximate surface area is 162 Å². The second kappa shape index (κ2) is 9.70. The van der Waals surface area contributed by atoms with Crippen molar-refractivity contribution in [3.8, 4) is 11.5 Å². The molecule has 0 unspecified atom stereocenters. The zero-order valence-corrected chi connectivity index (χ0v) is 16.6. The predicted octanol–water partition coefficient (Wildman–Crippen LogP) is 4.03. The molecule has 1 atom stereocenters. The first-order chi connectivity index (χ1) is 12.2. The number of ether oxygens (including phenoxy) is 2. The van der Waals surface area contributed by atoms with Crippen molar-refractivity contribution >= 4 is 18.1 Å². The van der Waals surface area contributed by atoms with Crippen LogP contribution in [0.4, 0.5) is 5.69 Å². The first kappa shape index (κ1) is 20.4. The summed E-state index contributed by atoms with van der Waals surface area (Å²) in [7, 11) is 3.33. The van der Waals surface area contributed by atoms with Gasteiger partial charge < -0.3 is 20.1 Å². The third kappa shape index (κ3) is 4.83. The van der Waals surface area contributed by atoms with Gasteiger partial charge in [0.05, 0.1) is 14.2 Å². The summed E-state index contributed by atoms with van der Waals surface area (Å²) >= 11 is 0. The molecule has 0 radical (unpaired) electrons. The van der Waals surface area contributed by atoms with E-state index in [-0.39, 0.29) is 12.4 Å². The van der Waals surface area contributed by atoms with E-state index in [1.807, 2.05) is 12.1 Å². The summed E-state index contributed by atoms with van der Waals surface area (Å²) in [5, 5.41) is 7.06. The van der Waals surface area contributed by atoms with Crippen LogP contribution in [0.1, 0.15) is 29.5 Å². The molecule has 2 N–H and O–H groups in total. The Kier molecular flexibility index (Phi) is 7.61. The highest BCUT2D eigenvalue weighted by Crippen LogP contribution is 2.28. The second-order valence-corrected chi connectivity index (χ2v) is 6.63. The van der Waals surface area contributed by atoms with Crippen LogP contribution in [0.2, 0.25) is 0 Å². The van der Waals surface area contributed by atoms with E-state index in [9.17, 15) is 0 Å². The normalized spacial score (nSPS) is 16.0. The second-order valence-electron chi connectivity index (χ2n) is 6.63. The van der Waals surface area contributed by atoms with Gasteiger partial charge in [-0.05, 0) is 66.3 Å². The minimum atomic E-state index is 0. The lowest BCUT2D eigenvalue weighted by molar-refractivity contribution is 0.354. The molecule has 1 aliphatic rings. The summed E-state index contributed by atoms with van der Waals surface area (Å²) in [5.74, 6) is 2.11. The molecule has 1 heterocycles. The van der Waals surface area contributed by atoms with Crippen LogP contribution in [0.3, 0.4) is 0 Å². The minimum absolute atomic E-state index is 0. The molecule has 2 aromatic rings. The molecule has 0 aliphatic carbocycles. The summed E-state index contributed by atoms with van der Waals surface area (Å²) < 4.78 is 10.7. The van der Waals surface area contributed by atoms with Crippen LogP contribution < -0.4 is 20.1 Å². The lowest BCUT2D eigenvalue weighted by atomic mass is 9.95. The van der Waals surface area contributed by atoms with Crippen LogP contribution in [-0.2, 0) is 12.8 Å². The Bertz CT molecular complexity index is 721. The van der Waals surface area contributed by atoms with Gasteiger partial charge in [-0.2, -0.15) is 0 Å². The van der Waals surface area contributed by atoms with Gasteiger partial charge in [-0.25, -0.2) is 0 Å². The lowest BCUT2D eigenvalue weighted by Gasteiger charge is -2.15. The van der Waals surface area contributed by atoms with E-state index in [2.05, 4.69) is 41.8 Å². The van der Waals surface area contributed by atoms with Crippen LogP contribution in [0.5, 0.6) is 11.5 Å². The fourth-order valence-corrected chi connectivity index (χ4v) is 3.43. The van der Waals surface area contributed by atoms with Crippen LogP contribution in [0.25, 0.3) is 0 Å². The number of nitrogens with one attached hydrogen (secondary N) is 2. The van der Waals surface area contributed by atoms with Crippen molar-refractivity contribution in [3.05, 3.63) is 53.1 Å². The average Bonchev–Trinajstić information content (AvgIpc) is 2.83. The van der Waals surface area contributed by atoms with Crippen molar-refractivity contribution in [2.45, 2.75) is 25.7 Å². The van der Waals surface area contributed by atoms with E-state index < -0.39 is 0 Å². The van der Waals surface area contributed by atoms with E-state index in [0.717, 1.165) is 44.0 Å². The van der Waals surface area contributed by atoms with Gasteiger partial charge in [0.1, 0.15) is 0 Å². The van der Waals surface area contributed by atoms with Gasteiger partial charge in [0.15, 0.2) is 11.5 Å². The number of hydrogen-bond acceptors (Lipinski definition) is 4. The van der Waals surface area contributed by atoms with Crippen molar-refractivity contribution in [2.24, 2.45) is 0 Å². The van der Waals surface area contributed by atoms with Crippen molar-refractivity contribution in [1.29, 1.82) is 0 Å². The number of benzene rings is 2. The molecule has 0 spiro atoms. The van der Waals surface area contributed by atoms with Gasteiger partial charge in [0.25, 0.3) is 0 Å². The summed E-state index contributed by atoms with van der Waals surface area (Å²) in [4.78, 5) is 0. The maximum Gasteiger partial charge on any atom is 0.160 e. The standard InChI is InChI=1S/C21H28N2O2.ClH/c1-15-14-22-10-9-17-5-6-18(13-19(15)17)23-11-8-16-4-7-20(24-2)21(12-16)25-3;/h4-7,12-13,15,22-23H,8-11,14H2,1-3H3;1H/t15-;/m1./s1. The third-order valence-electron chi connectivity index (χ3n) is 4.89. The molecular formula is C21H29ClN2O2. The topological polar surface area (TPSA) is 42.5 Å². The first-order valence-electron chi connectivity index (χ1n) is 8.99.